The van der Waals surface area contributed by atoms with Crippen molar-refractivity contribution in [2.24, 2.45) is 0 Å². The van der Waals surface area contributed by atoms with Gasteiger partial charge in [0.2, 0.25) is 0 Å². The first-order valence-electron chi connectivity index (χ1n) is 8.85. The van der Waals surface area contributed by atoms with Crippen LogP contribution in [0.1, 0.15) is 12.5 Å². The fraction of sp³-hybridized carbons (Fsp3) is 0.0909. The van der Waals surface area contributed by atoms with Gasteiger partial charge in [-0.25, -0.2) is 9.69 Å². The van der Waals surface area contributed by atoms with E-state index in [1.165, 1.54) is 0 Å². The summed E-state index contributed by atoms with van der Waals surface area (Å²) in [4.78, 5) is 26.3. The fourth-order valence-electron chi connectivity index (χ4n) is 3.22. The van der Waals surface area contributed by atoms with Gasteiger partial charge >= 0.3 is 6.03 Å². The van der Waals surface area contributed by atoms with Crippen LogP contribution in [0, 0.1) is 0 Å². The molecule has 3 aromatic rings. The summed E-state index contributed by atoms with van der Waals surface area (Å²) >= 11 is 5.89. The highest BCUT2D eigenvalue weighted by Crippen LogP contribution is 2.31. The lowest BCUT2D eigenvalue weighted by Gasteiger charge is -2.11. The monoisotopic (exact) mass is 392 g/mol. The molecule has 1 aliphatic rings. The number of amides is 3. The number of carbonyl (C=O) groups excluding carboxylic acids is 2. The zero-order valence-electron chi connectivity index (χ0n) is 15.1. The van der Waals surface area contributed by atoms with Crippen LogP contribution in [0.4, 0.5) is 10.5 Å². The summed E-state index contributed by atoms with van der Waals surface area (Å²) < 4.78 is 5.69. The zero-order chi connectivity index (χ0) is 19.7. The number of anilines is 1. The molecule has 1 N–H and O–H groups in total. The van der Waals surface area contributed by atoms with E-state index < -0.39 is 11.9 Å². The summed E-state index contributed by atoms with van der Waals surface area (Å²) in [6.07, 6.45) is 1.69. The predicted molar refractivity (Wildman–Crippen MR) is 111 cm³/mol. The van der Waals surface area contributed by atoms with Crippen molar-refractivity contribution >= 4 is 46.1 Å². The lowest BCUT2D eigenvalue weighted by molar-refractivity contribution is -0.113. The Hall–Kier alpha value is -3.31. The Morgan fingerprint density at radius 1 is 1.00 bits per heavy atom. The van der Waals surface area contributed by atoms with E-state index in [1.807, 2.05) is 43.3 Å². The standard InChI is InChI=1S/C22H17ClN2O3/c1-2-28-20-12-7-14(17-5-3-4-6-18(17)20)13-19-21(26)25(22(27)24-19)16-10-8-15(23)9-11-16/h3-13H,2H2,1H3,(H,24,27)/b19-13+. The second-order valence-corrected chi connectivity index (χ2v) is 6.67. The number of hydrogen-bond donors (Lipinski definition) is 1. The Bertz CT molecular complexity index is 1110. The molecule has 0 spiro atoms. The Labute approximate surface area is 167 Å². The molecule has 3 aromatic carbocycles. The third kappa shape index (κ3) is 3.21. The average molecular weight is 393 g/mol. The van der Waals surface area contributed by atoms with E-state index in [0.717, 1.165) is 27.0 Å². The number of fused-ring (bicyclic) bond motifs is 1. The average Bonchev–Trinajstić information content (AvgIpc) is 2.98. The van der Waals surface area contributed by atoms with Crippen LogP contribution in [0.3, 0.4) is 0 Å². The van der Waals surface area contributed by atoms with E-state index >= 15 is 0 Å². The largest absolute Gasteiger partial charge is 0.493 e. The molecule has 0 aromatic heterocycles. The van der Waals surface area contributed by atoms with E-state index in [1.54, 1.807) is 30.3 Å². The van der Waals surface area contributed by atoms with Crippen molar-refractivity contribution in [1.82, 2.24) is 5.32 Å². The van der Waals surface area contributed by atoms with Crippen molar-refractivity contribution in [3.63, 3.8) is 0 Å². The van der Waals surface area contributed by atoms with Crippen molar-refractivity contribution in [2.75, 3.05) is 11.5 Å². The van der Waals surface area contributed by atoms with Crippen LogP contribution in [0.25, 0.3) is 16.8 Å². The third-order valence-corrected chi connectivity index (χ3v) is 4.73. The van der Waals surface area contributed by atoms with Crippen LogP contribution in [0.2, 0.25) is 5.02 Å². The van der Waals surface area contributed by atoms with Gasteiger partial charge in [-0.05, 0) is 54.3 Å². The predicted octanol–water partition coefficient (Wildman–Crippen LogP) is 4.99. The summed E-state index contributed by atoms with van der Waals surface area (Å²) in [5.74, 6) is 0.370. The normalized spacial score (nSPS) is 15.4. The Morgan fingerprint density at radius 2 is 1.71 bits per heavy atom. The van der Waals surface area contributed by atoms with Crippen LogP contribution >= 0.6 is 11.6 Å². The number of nitrogens with zero attached hydrogens (tertiary/aromatic N) is 1. The summed E-state index contributed by atoms with van der Waals surface area (Å²) in [5, 5.41) is 5.08. The van der Waals surface area contributed by atoms with E-state index in [4.69, 9.17) is 16.3 Å². The summed E-state index contributed by atoms with van der Waals surface area (Å²) in [6, 6.07) is 17.6. The summed E-state index contributed by atoms with van der Waals surface area (Å²) in [5.41, 5.74) is 1.50. The number of nitrogens with one attached hydrogen (secondary N) is 1. The number of ether oxygens (including phenoxy) is 1. The van der Waals surface area contributed by atoms with Crippen molar-refractivity contribution < 1.29 is 14.3 Å². The van der Waals surface area contributed by atoms with Crippen molar-refractivity contribution in [3.8, 4) is 5.75 Å². The van der Waals surface area contributed by atoms with Gasteiger partial charge < -0.3 is 10.1 Å². The Morgan fingerprint density at radius 3 is 2.43 bits per heavy atom. The second-order valence-electron chi connectivity index (χ2n) is 6.24. The number of benzene rings is 3. The maximum absolute atomic E-state index is 12.8. The Balaban J connectivity index is 1.74. The molecule has 140 valence electrons. The number of hydrogen-bond acceptors (Lipinski definition) is 3. The topological polar surface area (TPSA) is 58.6 Å². The smallest absolute Gasteiger partial charge is 0.333 e. The molecule has 1 saturated heterocycles. The van der Waals surface area contributed by atoms with Crippen LogP contribution in [-0.4, -0.2) is 18.5 Å². The number of halogens is 1. The molecular weight excluding hydrogens is 376 g/mol. The SMILES string of the molecule is CCOc1ccc(/C=C2/NC(=O)N(c3ccc(Cl)cc3)C2=O)c2ccccc12. The van der Waals surface area contributed by atoms with Gasteiger partial charge in [0.25, 0.3) is 5.91 Å². The maximum atomic E-state index is 12.8. The minimum Gasteiger partial charge on any atom is -0.493 e. The van der Waals surface area contributed by atoms with Crippen LogP contribution in [-0.2, 0) is 4.79 Å². The van der Waals surface area contributed by atoms with Gasteiger partial charge in [0.15, 0.2) is 0 Å². The molecule has 6 heteroatoms. The van der Waals surface area contributed by atoms with Gasteiger partial charge in [0, 0.05) is 10.4 Å². The highest BCUT2D eigenvalue weighted by Gasteiger charge is 2.34. The van der Waals surface area contributed by atoms with Crippen LogP contribution in [0.15, 0.2) is 66.4 Å². The van der Waals surface area contributed by atoms with E-state index in [9.17, 15) is 9.59 Å². The quantitative estimate of drug-likeness (QED) is 0.502. The van der Waals surface area contributed by atoms with E-state index in [2.05, 4.69) is 5.32 Å². The minimum absolute atomic E-state index is 0.217. The molecule has 1 heterocycles. The molecule has 1 fully saturated rings. The van der Waals surface area contributed by atoms with Crippen molar-refractivity contribution in [1.29, 1.82) is 0 Å². The van der Waals surface area contributed by atoms with Gasteiger partial charge in [-0.2, -0.15) is 0 Å². The second kappa shape index (κ2) is 7.37. The number of carbonyl (C=O) groups is 2. The molecule has 1 aliphatic heterocycles. The number of urea groups is 1. The molecule has 28 heavy (non-hydrogen) atoms. The van der Waals surface area contributed by atoms with Crippen molar-refractivity contribution in [2.45, 2.75) is 6.92 Å². The van der Waals surface area contributed by atoms with Crippen LogP contribution < -0.4 is 15.0 Å². The fourth-order valence-corrected chi connectivity index (χ4v) is 3.34. The molecule has 0 atom stereocenters. The minimum atomic E-state index is -0.492. The Kier molecular flexibility index (Phi) is 4.75. The molecule has 0 bridgehead atoms. The lowest BCUT2D eigenvalue weighted by Crippen LogP contribution is -2.30. The first-order valence-corrected chi connectivity index (χ1v) is 9.23. The molecule has 0 saturated carbocycles. The molecule has 0 aliphatic carbocycles. The van der Waals surface area contributed by atoms with Crippen LogP contribution in [0.5, 0.6) is 5.75 Å². The highest BCUT2D eigenvalue weighted by molar-refractivity contribution is 6.31. The molecule has 4 rings (SSSR count). The maximum Gasteiger partial charge on any atom is 0.333 e. The third-order valence-electron chi connectivity index (χ3n) is 4.48. The number of imide groups is 1. The van der Waals surface area contributed by atoms with Gasteiger partial charge in [-0.3, -0.25) is 4.79 Å². The molecule has 0 unspecified atom stereocenters. The summed E-state index contributed by atoms with van der Waals surface area (Å²) in [6.45, 7) is 2.50. The highest BCUT2D eigenvalue weighted by atomic mass is 35.5. The van der Waals surface area contributed by atoms with Gasteiger partial charge in [-0.1, -0.05) is 41.9 Å². The van der Waals surface area contributed by atoms with Crippen molar-refractivity contribution in [3.05, 3.63) is 76.9 Å². The molecule has 0 radical (unpaired) electrons. The van der Waals surface area contributed by atoms with E-state index in [0.29, 0.717) is 17.3 Å². The van der Waals surface area contributed by atoms with Gasteiger partial charge in [0.05, 0.1) is 12.3 Å². The first kappa shape index (κ1) is 18.1. The summed E-state index contributed by atoms with van der Waals surface area (Å²) in [7, 11) is 0. The van der Waals surface area contributed by atoms with E-state index in [-0.39, 0.29) is 5.70 Å². The van der Waals surface area contributed by atoms with Gasteiger partial charge in [0.1, 0.15) is 11.4 Å². The zero-order valence-corrected chi connectivity index (χ0v) is 15.9. The number of rotatable bonds is 4. The molecular formula is C22H17ClN2O3. The first-order chi connectivity index (χ1) is 13.6. The lowest BCUT2D eigenvalue weighted by atomic mass is 10.0. The van der Waals surface area contributed by atoms with Gasteiger partial charge in [-0.15, -0.1) is 0 Å². The molecule has 3 amide bonds. The molecule has 5 nitrogen and oxygen atoms in total.